The Bertz CT molecular complexity index is 1440. The zero-order valence-electron chi connectivity index (χ0n) is 26.6. The Balaban J connectivity index is 1.02. The number of thioether (sulfide) groups is 1. The fourth-order valence-electron chi connectivity index (χ4n) is 6.60. The maximum atomic E-state index is 13.4. The van der Waals surface area contributed by atoms with E-state index in [9.17, 15) is 4.79 Å². The van der Waals surface area contributed by atoms with Gasteiger partial charge in [0.2, 0.25) is 5.91 Å². The van der Waals surface area contributed by atoms with E-state index in [1.54, 1.807) is 11.8 Å². The summed E-state index contributed by atoms with van der Waals surface area (Å²) >= 11 is 8.14. The molecule has 2 aromatic heterocycles. The summed E-state index contributed by atoms with van der Waals surface area (Å²) in [5.74, 6) is 2.20. The number of fused-ring (bicyclic) bond motifs is 1. The average Bonchev–Trinajstić information content (AvgIpc) is 3.79. The lowest BCUT2D eigenvalue weighted by molar-refractivity contribution is -0.117. The zero-order chi connectivity index (χ0) is 30.8. The molecule has 0 unspecified atom stereocenters. The van der Waals surface area contributed by atoms with Crippen LogP contribution in [-0.4, -0.2) is 96.9 Å². The first-order chi connectivity index (χ1) is 21.3. The highest BCUT2D eigenvalue weighted by Gasteiger charge is 2.27. The summed E-state index contributed by atoms with van der Waals surface area (Å²) in [6, 6.07) is 4.16. The largest absolute Gasteiger partial charge is 0.431 e. The third-order valence-corrected chi connectivity index (χ3v) is 10.4. The molecule has 3 fully saturated rings. The number of hydrogen-bond acceptors (Lipinski definition) is 9. The van der Waals surface area contributed by atoms with Crippen molar-refractivity contribution in [2.75, 3.05) is 86.3 Å². The molecule has 6 rings (SSSR count). The molecule has 1 aromatic carbocycles. The van der Waals surface area contributed by atoms with Crippen LogP contribution in [0.5, 0.6) is 0 Å². The highest BCUT2D eigenvalue weighted by Crippen LogP contribution is 2.38. The maximum absolute atomic E-state index is 13.4. The monoisotopic (exact) mass is 639 g/mol. The highest BCUT2D eigenvalue weighted by atomic mass is 35.5. The number of anilines is 3. The van der Waals surface area contributed by atoms with Crippen LogP contribution in [0.15, 0.2) is 21.8 Å². The van der Waals surface area contributed by atoms with Gasteiger partial charge in [0.15, 0.2) is 11.4 Å². The SMILES string of the molecule is Cc1cc(N2CCCC2)c(NC(=O)CN2CCN(CCSc3nc4c(C)c(Cl)cc(C(C)C)c4o3)CC2)c(N2CCCC2)n1. The number of rotatable bonds is 10. The summed E-state index contributed by atoms with van der Waals surface area (Å²) in [6.07, 6.45) is 4.73. The number of halogens is 1. The number of aryl methyl sites for hydroxylation is 2. The van der Waals surface area contributed by atoms with Crippen LogP contribution < -0.4 is 15.1 Å². The summed E-state index contributed by atoms with van der Waals surface area (Å²) < 4.78 is 6.20. The molecule has 0 bridgehead atoms. The molecule has 1 amide bonds. The van der Waals surface area contributed by atoms with Gasteiger partial charge in [-0.1, -0.05) is 37.2 Å². The molecule has 9 nitrogen and oxygen atoms in total. The number of pyridine rings is 1. The van der Waals surface area contributed by atoms with E-state index in [4.69, 9.17) is 26.0 Å². The van der Waals surface area contributed by atoms with E-state index in [0.717, 1.165) is 115 Å². The van der Waals surface area contributed by atoms with E-state index in [0.29, 0.717) is 17.7 Å². The van der Waals surface area contributed by atoms with Gasteiger partial charge < -0.3 is 19.5 Å². The van der Waals surface area contributed by atoms with Crippen molar-refractivity contribution in [3.05, 3.63) is 34.0 Å². The number of carbonyl (C=O) groups excluding carboxylic acids is 1. The molecule has 3 saturated heterocycles. The minimum atomic E-state index is 0.0488. The van der Waals surface area contributed by atoms with Crippen LogP contribution >= 0.6 is 23.4 Å². The van der Waals surface area contributed by atoms with Gasteiger partial charge in [0, 0.05) is 80.9 Å². The number of amides is 1. The maximum Gasteiger partial charge on any atom is 0.256 e. The van der Waals surface area contributed by atoms with Gasteiger partial charge in [0.25, 0.3) is 5.22 Å². The van der Waals surface area contributed by atoms with Crippen LogP contribution in [0.25, 0.3) is 11.1 Å². The van der Waals surface area contributed by atoms with E-state index >= 15 is 0 Å². The molecule has 3 aromatic rings. The fourth-order valence-corrected chi connectivity index (χ4v) is 7.63. The van der Waals surface area contributed by atoms with Gasteiger partial charge in [-0.05, 0) is 63.1 Å². The second kappa shape index (κ2) is 13.8. The van der Waals surface area contributed by atoms with Crippen molar-refractivity contribution < 1.29 is 9.21 Å². The van der Waals surface area contributed by atoms with Gasteiger partial charge in [-0.25, -0.2) is 9.97 Å². The standard InChI is InChI=1S/C33H46ClN7O2S/c1-22(2)25-20-26(34)24(4)29-31(25)43-33(37-29)44-18-17-38-13-15-39(16-14-38)21-28(42)36-30-27(40-9-5-6-10-40)19-23(3)35-32(30)41-11-7-8-12-41/h19-20,22H,5-18,21H2,1-4H3,(H,36,42). The van der Waals surface area contributed by atoms with E-state index in [-0.39, 0.29) is 5.91 Å². The molecule has 0 spiro atoms. The molecule has 44 heavy (non-hydrogen) atoms. The number of piperazine rings is 1. The topological polar surface area (TPSA) is 81.0 Å². The Kier molecular flexibility index (Phi) is 9.90. The van der Waals surface area contributed by atoms with Crippen molar-refractivity contribution in [1.29, 1.82) is 0 Å². The molecule has 11 heteroatoms. The van der Waals surface area contributed by atoms with Crippen LogP contribution in [0, 0.1) is 13.8 Å². The van der Waals surface area contributed by atoms with E-state index in [1.807, 2.05) is 13.0 Å². The summed E-state index contributed by atoms with van der Waals surface area (Å²) in [4.78, 5) is 32.6. The number of oxazole rings is 1. The lowest BCUT2D eigenvalue weighted by Gasteiger charge is -2.34. The third kappa shape index (κ3) is 6.98. The molecule has 5 heterocycles. The summed E-state index contributed by atoms with van der Waals surface area (Å²) in [7, 11) is 0. The zero-order valence-corrected chi connectivity index (χ0v) is 28.2. The Labute approximate surface area is 270 Å². The van der Waals surface area contributed by atoms with Gasteiger partial charge in [0.1, 0.15) is 11.2 Å². The van der Waals surface area contributed by atoms with Crippen LogP contribution in [-0.2, 0) is 4.79 Å². The first-order valence-corrected chi connectivity index (χ1v) is 17.6. The van der Waals surface area contributed by atoms with Gasteiger partial charge in [0.05, 0.1) is 12.2 Å². The smallest absolute Gasteiger partial charge is 0.256 e. The van der Waals surface area contributed by atoms with E-state index in [2.05, 4.69) is 51.8 Å². The highest BCUT2D eigenvalue weighted by molar-refractivity contribution is 7.99. The molecule has 0 radical (unpaired) electrons. The Hall–Kier alpha value is -2.53. The van der Waals surface area contributed by atoms with E-state index < -0.39 is 0 Å². The second-order valence-corrected chi connectivity index (χ2v) is 14.2. The predicted molar refractivity (Wildman–Crippen MR) is 182 cm³/mol. The number of nitrogens with zero attached hydrogens (tertiary/aromatic N) is 6. The van der Waals surface area contributed by atoms with E-state index in [1.165, 1.54) is 25.7 Å². The normalized spacial score (nSPS) is 18.3. The van der Waals surface area contributed by atoms with Crippen molar-refractivity contribution in [1.82, 2.24) is 19.8 Å². The van der Waals surface area contributed by atoms with Gasteiger partial charge >= 0.3 is 0 Å². The molecule has 3 aliphatic heterocycles. The van der Waals surface area contributed by atoms with Crippen molar-refractivity contribution in [2.24, 2.45) is 0 Å². The van der Waals surface area contributed by atoms with Crippen LogP contribution in [0.4, 0.5) is 17.2 Å². The van der Waals surface area contributed by atoms with Crippen LogP contribution in [0.3, 0.4) is 0 Å². The third-order valence-electron chi connectivity index (χ3n) is 9.18. The molecular weight excluding hydrogens is 594 g/mol. The molecule has 1 N–H and O–H groups in total. The van der Waals surface area contributed by atoms with Crippen LogP contribution in [0.1, 0.15) is 62.3 Å². The molecular formula is C33H46ClN7O2S. The van der Waals surface area contributed by atoms with Crippen molar-refractivity contribution in [3.63, 3.8) is 0 Å². The average molecular weight is 640 g/mol. The molecule has 0 aliphatic carbocycles. The van der Waals surface area contributed by atoms with Gasteiger partial charge in [-0.3, -0.25) is 14.6 Å². The summed E-state index contributed by atoms with van der Waals surface area (Å²) in [5.41, 5.74) is 6.85. The van der Waals surface area contributed by atoms with Gasteiger partial charge in [-0.2, -0.15) is 0 Å². The molecule has 0 saturated carbocycles. The number of benzene rings is 1. The summed E-state index contributed by atoms with van der Waals surface area (Å²) in [5, 5.41) is 4.78. The lowest BCUT2D eigenvalue weighted by atomic mass is 10.0. The number of hydrogen-bond donors (Lipinski definition) is 1. The number of carbonyl (C=O) groups is 1. The summed E-state index contributed by atoms with van der Waals surface area (Å²) in [6.45, 7) is 17.4. The predicted octanol–water partition coefficient (Wildman–Crippen LogP) is 6.17. The Morgan fingerprint density at radius 3 is 2.30 bits per heavy atom. The number of aromatic nitrogens is 2. The molecule has 238 valence electrons. The quantitative estimate of drug-likeness (QED) is 0.262. The second-order valence-electron chi connectivity index (χ2n) is 12.8. The Morgan fingerprint density at radius 1 is 0.955 bits per heavy atom. The Morgan fingerprint density at radius 2 is 1.61 bits per heavy atom. The first-order valence-electron chi connectivity index (χ1n) is 16.2. The van der Waals surface area contributed by atoms with Crippen molar-refractivity contribution >= 4 is 57.6 Å². The first kappa shape index (κ1) is 31.5. The van der Waals surface area contributed by atoms with Crippen molar-refractivity contribution in [3.8, 4) is 0 Å². The fraction of sp³-hybridized carbons (Fsp3) is 0.606. The van der Waals surface area contributed by atoms with Crippen molar-refractivity contribution in [2.45, 2.75) is 64.5 Å². The molecule has 0 atom stereocenters. The minimum Gasteiger partial charge on any atom is -0.431 e. The lowest BCUT2D eigenvalue weighted by Crippen LogP contribution is -2.49. The van der Waals surface area contributed by atoms with Crippen LogP contribution in [0.2, 0.25) is 5.02 Å². The number of nitrogens with one attached hydrogen (secondary N) is 1. The minimum absolute atomic E-state index is 0.0488. The van der Waals surface area contributed by atoms with Gasteiger partial charge in [-0.15, -0.1) is 0 Å². The molecule has 3 aliphatic rings.